The Morgan fingerprint density at radius 2 is 0.776 bits per heavy atom. The number of para-hydroxylation sites is 5. The summed E-state index contributed by atoms with van der Waals surface area (Å²) in [7, 11) is -3.88. The minimum Gasteiger partial charge on any atom is -0.309 e. The van der Waals surface area contributed by atoms with Gasteiger partial charge in [-0.15, -0.1) is 0 Å². The number of sulfone groups is 1. The van der Waals surface area contributed by atoms with Gasteiger partial charge in [0.15, 0.2) is 0 Å². The molecule has 0 saturated heterocycles. The fourth-order valence-corrected chi connectivity index (χ4v) is 12.5. The SMILES string of the molecule is O=S(=O)(c1ccc(-n2c3c(c4ccc5c(c6ccccc6n5-c5ccccc5)c42)CCC=C3)cc1)c1ccc(-n2c3ccccc3c3ccc4c(c5ccccc5n4-c4ccccc4)c32)cc1. The number of nitrogens with zero attached hydrogens (tertiary/aromatic N) is 4. The van der Waals surface area contributed by atoms with Crippen molar-refractivity contribution < 1.29 is 8.42 Å². The predicted octanol–water partition coefficient (Wildman–Crippen LogP) is 14.7. The van der Waals surface area contributed by atoms with E-state index >= 15 is 0 Å². The summed E-state index contributed by atoms with van der Waals surface area (Å²) in [5.74, 6) is 0. The molecule has 1 aliphatic rings. The third-order valence-corrected chi connectivity index (χ3v) is 15.8. The molecule has 4 heterocycles. The first-order valence-electron chi connectivity index (χ1n) is 22.8. The van der Waals surface area contributed by atoms with Crippen LogP contribution < -0.4 is 0 Å². The zero-order valence-corrected chi connectivity index (χ0v) is 37.0. The quantitative estimate of drug-likeness (QED) is 0.167. The molecule has 0 amide bonds. The van der Waals surface area contributed by atoms with E-state index in [4.69, 9.17) is 0 Å². The van der Waals surface area contributed by atoms with Crippen molar-refractivity contribution in [3.8, 4) is 22.7 Å². The lowest BCUT2D eigenvalue weighted by atomic mass is 10.00. The molecule has 0 atom stereocenters. The molecule has 7 heteroatoms. The van der Waals surface area contributed by atoms with Crippen LogP contribution in [0.3, 0.4) is 0 Å². The molecule has 14 rings (SSSR count). The first-order valence-corrected chi connectivity index (χ1v) is 24.3. The molecule has 0 bridgehead atoms. The number of benzene rings is 9. The van der Waals surface area contributed by atoms with Crippen molar-refractivity contribution in [1.82, 2.24) is 18.3 Å². The van der Waals surface area contributed by atoms with Gasteiger partial charge in [-0.1, -0.05) is 109 Å². The number of aryl methyl sites for hydroxylation is 1. The van der Waals surface area contributed by atoms with Crippen LogP contribution in [0.25, 0.3) is 105 Å². The number of fused-ring (bicyclic) bond motifs is 14. The van der Waals surface area contributed by atoms with Gasteiger partial charge >= 0.3 is 0 Å². The number of hydrogen-bond donors (Lipinski definition) is 0. The van der Waals surface area contributed by atoms with Gasteiger partial charge < -0.3 is 18.3 Å². The van der Waals surface area contributed by atoms with Crippen molar-refractivity contribution in [1.29, 1.82) is 0 Å². The summed E-state index contributed by atoms with van der Waals surface area (Å²) in [6.07, 6.45) is 6.40. The Hall–Kier alpha value is -8.39. The van der Waals surface area contributed by atoms with Crippen LogP contribution in [0.4, 0.5) is 0 Å². The molecule has 13 aromatic rings. The Kier molecular flexibility index (Phi) is 8.10. The number of aromatic nitrogens is 4. The highest BCUT2D eigenvalue weighted by Gasteiger charge is 2.26. The highest BCUT2D eigenvalue weighted by molar-refractivity contribution is 7.91. The molecular weight excluding hydrogens is 841 g/mol. The standard InChI is InChI=1S/C60H40N4O2S/c65-67(66,43-31-27-41(28-32-43)63-51-23-11-7-19-45(51)47-35-37-55-57(59(47)63)49-21-9-13-25-53(49)61(55)39-15-3-1-4-16-39)44-33-29-42(30-34-44)64-52-24-12-8-20-46(52)48-36-38-56-58(60(48)64)50-22-10-14-26-54(50)62(56)40-17-5-2-6-18-40/h1-7,9-19,21-38H,8,20H2. The summed E-state index contributed by atoms with van der Waals surface area (Å²) < 4.78 is 38.5. The largest absolute Gasteiger partial charge is 0.309 e. The Morgan fingerprint density at radius 3 is 1.33 bits per heavy atom. The van der Waals surface area contributed by atoms with E-state index in [-0.39, 0.29) is 9.79 Å². The molecule has 318 valence electrons. The highest BCUT2D eigenvalue weighted by Crippen LogP contribution is 2.44. The van der Waals surface area contributed by atoms with Crippen LogP contribution in [0.1, 0.15) is 17.7 Å². The van der Waals surface area contributed by atoms with Crippen LogP contribution in [-0.2, 0) is 16.3 Å². The van der Waals surface area contributed by atoms with E-state index in [1.807, 2.05) is 30.3 Å². The third kappa shape index (κ3) is 5.40. The lowest BCUT2D eigenvalue weighted by Gasteiger charge is -2.14. The first-order chi connectivity index (χ1) is 33.0. The number of rotatable bonds is 6. The summed E-state index contributed by atoms with van der Waals surface area (Å²) in [5.41, 5.74) is 14.3. The van der Waals surface area contributed by atoms with Gasteiger partial charge in [-0.3, -0.25) is 0 Å². The van der Waals surface area contributed by atoms with Gasteiger partial charge in [0.05, 0.1) is 48.4 Å². The van der Waals surface area contributed by atoms with E-state index in [1.165, 1.54) is 21.7 Å². The van der Waals surface area contributed by atoms with Crippen LogP contribution >= 0.6 is 0 Å². The predicted molar refractivity (Wildman–Crippen MR) is 276 cm³/mol. The second-order valence-corrected chi connectivity index (χ2v) is 19.5. The molecule has 0 saturated carbocycles. The zero-order valence-electron chi connectivity index (χ0n) is 36.2. The summed E-state index contributed by atoms with van der Waals surface area (Å²) >= 11 is 0. The number of allylic oxidation sites excluding steroid dienone is 1. The van der Waals surface area contributed by atoms with E-state index in [0.29, 0.717) is 0 Å². The fourth-order valence-electron chi connectivity index (χ4n) is 11.2. The lowest BCUT2D eigenvalue weighted by Crippen LogP contribution is -2.04. The number of hydrogen-bond acceptors (Lipinski definition) is 2. The molecule has 0 fully saturated rings. The minimum atomic E-state index is -3.88. The fraction of sp³-hybridized carbons (Fsp3) is 0.0333. The Morgan fingerprint density at radius 1 is 0.343 bits per heavy atom. The van der Waals surface area contributed by atoms with Gasteiger partial charge in [0.2, 0.25) is 9.84 Å². The Labute approximate surface area is 386 Å². The average Bonchev–Trinajstić information content (AvgIpc) is 4.12. The smallest absolute Gasteiger partial charge is 0.206 e. The second kappa shape index (κ2) is 14.3. The highest BCUT2D eigenvalue weighted by atomic mass is 32.2. The van der Waals surface area contributed by atoms with Gasteiger partial charge in [0.1, 0.15) is 0 Å². The van der Waals surface area contributed by atoms with Gasteiger partial charge in [-0.25, -0.2) is 8.42 Å². The van der Waals surface area contributed by atoms with E-state index in [0.717, 1.165) is 101 Å². The van der Waals surface area contributed by atoms with Gasteiger partial charge in [-0.05, 0) is 128 Å². The maximum atomic E-state index is 14.6. The minimum absolute atomic E-state index is 0.248. The van der Waals surface area contributed by atoms with Crippen LogP contribution in [0.5, 0.6) is 0 Å². The molecule has 0 N–H and O–H groups in total. The van der Waals surface area contributed by atoms with Crippen molar-refractivity contribution in [3.05, 3.63) is 224 Å². The molecule has 67 heavy (non-hydrogen) atoms. The van der Waals surface area contributed by atoms with Crippen molar-refractivity contribution in [2.24, 2.45) is 0 Å². The molecule has 1 aliphatic carbocycles. The van der Waals surface area contributed by atoms with E-state index in [1.54, 1.807) is 24.3 Å². The molecule has 0 aliphatic heterocycles. The van der Waals surface area contributed by atoms with Crippen molar-refractivity contribution in [2.75, 3.05) is 0 Å². The molecule has 0 radical (unpaired) electrons. The molecular formula is C60H40N4O2S. The van der Waals surface area contributed by atoms with Crippen LogP contribution in [0.2, 0.25) is 0 Å². The van der Waals surface area contributed by atoms with Gasteiger partial charge in [-0.2, -0.15) is 0 Å². The Bertz CT molecular complexity index is 4310. The van der Waals surface area contributed by atoms with E-state index < -0.39 is 9.84 Å². The summed E-state index contributed by atoms with van der Waals surface area (Å²) in [6, 6.07) is 70.6. The van der Waals surface area contributed by atoms with Crippen LogP contribution in [0.15, 0.2) is 222 Å². The normalized spacial score (nSPS) is 13.0. The van der Waals surface area contributed by atoms with Crippen LogP contribution in [0, 0.1) is 0 Å². The molecule has 0 unspecified atom stereocenters. The van der Waals surface area contributed by atoms with E-state index in [9.17, 15) is 8.42 Å². The molecule has 4 aromatic heterocycles. The molecule has 0 spiro atoms. The average molecular weight is 881 g/mol. The third-order valence-electron chi connectivity index (χ3n) is 14.1. The maximum Gasteiger partial charge on any atom is 0.206 e. The monoisotopic (exact) mass is 880 g/mol. The Balaban J connectivity index is 0.897. The van der Waals surface area contributed by atoms with Gasteiger partial charge in [0.25, 0.3) is 0 Å². The van der Waals surface area contributed by atoms with Gasteiger partial charge in [0, 0.05) is 66.1 Å². The van der Waals surface area contributed by atoms with Crippen molar-refractivity contribution in [3.63, 3.8) is 0 Å². The molecule has 9 aromatic carbocycles. The summed E-state index contributed by atoms with van der Waals surface area (Å²) in [4.78, 5) is 0.501. The topological polar surface area (TPSA) is 53.9 Å². The van der Waals surface area contributed by atoms with Crippen molar-refractivity contribution >= 4 is 92.2 Å². The van der Waals surface area contributed by atoms with Crippen molar-refractivity contribution in [2.45, 2.75) is 22.6 Å². The summed E-state index contributed by atoms with van der Waals surface area (Å²) in [5, 5.41) is 8.19. The van der Waals surface area contributed by atoms with E-state index in [2.05, 4.69) is 182 Å². The second-order valence-electron chi connectivity index (χ2n) is 17.6. The zero-order chi connectivity index (χ0) is 44.4. The summed E-state index contributed by atoms with van der Waals surface area (Å²) in [6.45, 7) is 0. The lowest BCUT2D eigenvalue weighted by molar-refractivity contribution is 0.596. The maximum absolute atomic E-state index is 14.6. The first kappa shape index (κ1) is 37.9. The molecule has 6 nitrogen and oxygen atoms in total. The van der Waals surface area contributed by atoms with Crippen LogP contribution in [-0.4, -0.2) is 26.7 Å².